The number of carbonyl (C=O) groups excluding carboxylic acids is 2. The quantitative estimate of drug-likeness (QED) is 0.801. The highest BCUT2D eigenvalue weighted by Gasteiger charge is 2.55. The number of amides is 2. The Morgan fingerprint density at radius 3 is 2.96 bits per heavy atom. The van der Waals surface area contributed by atoms with Gasteiger partial charge in [0.15, 0.2) is 0 Å². The van der Waals surface area contributed by atoms with Crippen LogP contribution < -0.4 is 10.6 Å². The minimum Gasteiger partial charge on any atom is -0.362 e. The highest BCUT2D eigenvalue weighted by atomic mass is 32.1. The normalized spacial score (nSPS) is 29.3. The topological polar surface area (TPSA) is 87.2 Å². The molecule has 5 rings (SSSR count). The monoisotopic (exact) mass is 369 g/mol. The summed E-state index contributed by atoms with van der Waals surface area (Å²) in [6.07, 6.45) is 1.87. The van der Waals surface area contributed by atoms with Crippen LogP contribution in [0.1, 0.15) is 38.6 Å². The van der Waals surface area contributed by atoms with Crippen LogP contribution in [-0.4, -0.2) is 45.1 Å². The number of hydrogen-bond acceptors (Lipinski definition) is 6. The van der Waals surface area contributed by atoms with Gasteiger partial charge in [0.1, 0.15) is 10.5 Å². The van der Waals surface area contributed by atoms with Crippen molar-refractivity contribution in [3.05, 3.63) is 40.4 Å². The number of aromatic nitrogens is 2. The minimum absolute atomic E-state index is 0.00425. The van der Waals surface area contributed by atoms with Crippen LogP contribution in [0.4, 0.5) is 5.69 Å². The van der Waals surface area contributed by atoms with Crippen molar-refractivity contribution in [3.8, 4) is 0 Å². The highest BCUT2D eigenvalue weighted by molar-refractivity contribution is 7.07. The fourth-order valence-corrected chi connectivity index (χ4v) is 5.32. The molecule has 2 amide bonds. The molecule has 3 heterocycles. The van der Waals surface area contributed by atoms with Gasteiger partial charge in [-0.2, -0.15) is 0 Å². The minimum atomic E-state index is -0.466. The molecule has 1 aromatic carbocycles. The Morgan fingerprint density at radius 2 is 2.15 bits per heavy atom. The third kappa shape index (κ3) is 2.18. The van der Waals surface area contributed by atoms with E-state index in [9.17, 15) is 9.59 Å². The first kappa shape index (κ1) is 15.7. The highest BCUT2D eigenvalue weighted by Crippen LogP contribution is 2.47. The third-order valence-electron chi connectivity index (χ3n) is 5.98. The van der Waals surface area contributed by atoms with Gasteiger partial charge in [-0.1, -0.05) is 16.6 Å². The van der Waals surface area contributed by atoms with E-state index in [-0.39, 0.29) is 17.7 Å². The molecule has 2 aromatic rings. The van der Waals surface area contributed by atoms with Crippen LogP contribution in [0, 0.1) is 18.8 Å². The van der Waals surface area contributed by atoms with Crippen molar-refractivity contribution in [2.24, 2.45) is 11.8 Å². The molecule has 0 radical (unpaired) electrons. The van der Waals surface area contributed by atoms with Gasteiger partial charge in [-0.3, -0.25) is 9.59 Å². The molecule has 1 saturated carbocycles. The summed E-state index contributed by atoms with van der Waals surface area (Å²) in [4.78, 5) is 28.0. The van der Waals surface area contributed by atoms with E-state index in [0.717, 1.165) is 36.6 Å². The number of likely N-dealkylation sites (tertiary alicyclic amines) is 1. The molecule has 0 unspecified atom stereocenters. The van der Waals surface area contributed by atoms with Gasteiger partial charge >= 0.3 is 0 Å². The van der Waals surface area contributed by atoms with Gasteiger partial charge in [0, 0.05) is 24.7 Å². The Hall–Kier alpha value is -2.48. The molecule has 0 bridgehead atoms. The summed E-state index contributed by atoms with van der Waals surface area (Å²) < 4.78 is 3.88. The number of anilines is 1. The average molecular weight is 369 g/mol. The maximum atomic E-state index is 12.8. The molecular formula is C18H19N5O2S. The summed E-state index contributed by atoms with van der Waals surface area (Å²) in [6, 6.07) is 7.60. The second-order valence-electron chi connectivity index (χ2n) is 7.40. The molecule has 1 aromatic heterocycles. The molecule has 8 heteroatoms. The second-order valence-corrected chi connectivity index (χ2v) is 8.15. The summed E-state index contributed by atoms with van der Waals surface area (Å²) in [5.41, 5.74) is 1.78. The predicted octanol–water partition coefficient (Wildman–Crippen LogP) is 1.88. The summed E-state index contributed by atoms with van der Waals surface area (Å²) in [7, 11) is 0. The zero-order valence-corrected chi connectivity index (χ0v) is 15.2. The SMILES string of the molecule is Cc1nnsc1C(=O)N1C[C@H]2CC[C@]3(NC(=O)c4ccccc4N3)[C@H]2C1. The first-order chi connectivity index (χ1) is 12.6. The van der Waals surface area contributed by atoms with Gasteiger partial charge in [-0.05, 0) is 49.3 Å². The Labute approximate surface area is 154 Å². The van der Waals surface area contributed by atoms with Gasteiger partial charge in [0.05, 0.1) is 11.3 Å². The number of hydrogen-bond donors (Lipinski definition) is 2. The number of aryl methyl sites for hydroxylation is 1. The van der Waals surface area contributed by atoms with Crippen LogP contribution in [0.2, 0.25) is 0 Å². The third-order valence-corrected chi connectivity index (χ3v) is 6.80. The fourth-order valence-electron chi connectivity index (χ4n) is 4.70. The summed E-state index contributed by atoms with van der Waals surface area (Å²) in [6.45, 7) is 3.17. The van der Waals surface area contributed by atoms with Crippen LogP contribution in [0.3, 0.4) is 0 Å². The maximum Gasteiger partial charge on any atom is 0.267 e. The van der Waals surface area contributed by atoms with E-state index in [1.807, 2.05) is 36.1 Å². The average Bonchev–Trinajstić information content (AvgIpc) is 3.32. The lowest BCUT2D eigenvalue weighted by Crippen LogP contribution is -2.61. The van der Waals surface area contributed by atoms with E-state index >= 15 is 0 Å². The lowest BCUT2D eigenvalue weighted by Gasteiger charge is -2.41. The van der Waals surface area contributed by atoms with Gasteiger partial charge in [-0.25, -0.2) is 0 Å². The number of rotatable bonds is 1. The number of benzene rings is 1. The van der Waals surface area contributed by atoms with E-state index in [1.165, 1.54) is 0 Å². The van der Waals surface area contributed by atoms with Gasteiger partial charge in [-0.15, -0.1) is 5.10 Å². The van der Waals surface area contributed by atoms with Crippen molar-refractivity contribution in [3.63, 3.8) is 0 Å². The zero-order valence-electron chi connectivity index (χ0n) is 14.4. The van der Waals surface area contributed by atoms with Gasteiger partial charge < -0.3 is 15.5 Å². The number of fused-ring (bicyclic) bond motifs is 3. The van der Waals surface area contributed by atoms with E-state index < -0.39 is 5.66 Å². The molecule has 1 aliphatic carbocycles. The first-order valence-corrected chi connectivity index (χ1v) is 9.63. The van der Waals surface area contributed by atoms with Crippen molar-refractivity contribution in [1.82, 2.24) is 19.8 Å². The Morgan fingerprint density at radius 1 is 1.31 bits per heavy atom. The van der Waals surface area contributed by atoms with Crippen LogP contribution in [0.25, 0.3) is 0 Å². The number of nitrogens with one attached hydrogen (secondary N) is 2. The number of nitrogens with zero attached hydrogens (tertiary/aromatic N) is 3. The largest absolute Gasteiger partial charge is 0.362 e. The Bertz CT molecular complexity index is 912. The lowest BCUT2D eigenvalue weighted by atomic mass is 9.89. The molecule has 2 N–H and O–H groups in total. The second kappa shape index (κ2) is 5.51. The Balaban J connectivity index is 1.42. The molecule has 26 heavy (non-hydrogen) atoms. The molecule has 1 saturated heterocycles. The first-order valence-electron chi connectivity index (χ1n) is 8.85. The zero-order chi connectivity index (χ0) is 17.9. The fraction of sp³-hybridized carbons (Fsp3) is 0.444. The molecule has 2 fully saturated rings. The van der Waals surface area contributed by atoms with E-state index in [2.05, 4.69) is 20.2 Å². The summed E-state index contributed by atoms with van der Waals surface area (Å²) >= 11 is 1.15. The van der Waals surface area contributed by atoms with Crippen molar-refractivity contribution in [1.29, 1.82) is 0 Å². The maximum absolute atomic E-state index is 12.8. The van der Waals surface area contributed by atoms with Crippen molar-refractivity contribution >= 4 is 29.0 Å². The summed E-state index contributed by atoms with van der Waals surface area (Å²) in [5.74, 6) is 0.556. The molecule has 134 valence electrons. The van der Waals surface area contributed by atoms with E-state index in [0.29, 0.717) is 28.6 Å². The van der Waals surface area contributed by atoms with Crippen LogP contribution in [-0.2, 0) is 0 Å². The van der Waals surface area contributed by atoms with Gasteiger partial charge in [0.25, 0.3) is 11.8 Å². The molecule has 1 spiro atoms. The molecule has 7 nitrogen and oxygen atoms in total. The smallest absolute Gasteiger partial charge is 0.267 e. The molecule has 3 atom stereocenters. The lowest BCUT2D eigenvalue weighted by molar-refractivity contribution is 0.0771. The van der Waals surface area contributed by atoms with Crippen molar-refractivity contribution < 1.29 is 9.59 Å². The van der Waals surface area contributed by atoms with E-state index in [4.69, 9.17) is 0 Å². The van der Waals surface area contributed by atoms with Crippen molar-refractivity contribution in [2.75, 3.05) is 18.4 Å². The number of para-hydroxylation sites is 1. The number of carbonyl (C=O) groups is 2. The van der Waals surface area contributed by atoms with Crippen molar-refractivity contribution in [2.45, 2.75) is 25.4 Å². The predicted molar refractivity (Wildman–Crippen MR) is 97.0 cm³/mol. The molecular weight excluding hydrogens is 350 g/mol. The summed E-state index contributed by atoms with van der Waals surface area (Å²) in [5, 5.41) is 10.8. The van der Waals surface area contributed by atoms with Crippen LogP contribution >= 0.6 is 11.5 Å². The van der Waals surface area contributed by atoms with Crippen LogP contribution in [0.5, 0.6) is 0 Å². The standard InChI is InChI=1S/C18H19N5O2S/c1-10-15(26-22-21-10)17(25)23-8-11-6-7-18(13(11)9-23)19-14-5-3-2-4-12(14)16(24)20-18/h2-5,11,13,19H,6-9H2,1H3,(H,20,24)/t11-,13+,18+/m1/s1. The van der Waals surface area contributed by atoms with Crippen LogP contribution in [0.15, 0.2) is 24.3 Å². The van der Waals surface area contributed by atoms with Gasteiger partial charge in [0.2, 0.25) is 0 Å². The molecule has 2 aliphatic heterocycles. The Kier molecular flexibility index (Phi) is 3.34. The van der Waals surface area contributed by atoms with E-state index in [1.54, 1.807) is 0 Å². The molecule has 3 aliphatic rings.